The van der Waals surface area contributed by atoms with Crippen molar-refractivity contribution in [2.75, 3.05) is 0 Å². The maximum atomic E-state index is 8.19. The molecule has 1 heteroatoms. The molecule has 1 aliphatic rings. The monoisotopic (exact) mass is 107 g/mol. The zero-order chi connectivity index (χ0) is 5.98. The molecular formula is C7H9N. The van der Waals surface area contributed by atoms with Crippen LogP contribution in [-0.2, 0) is 0 Å². The lowest BCUT2D eigenvalue weighted by atomic mass is 10.2. The molecule has 0 radical (unpaired) electrons. The van der Waals surface area contributed by atoms with Crippen molar-refractivity contribution in [3.8, 4) is 6.07 Å². The summed E-state index contributed by atoms with van der Waals surface area (Å²) < 4.78 is 0. The standard InChI is InChI=1S/C7H9N/c1-6(4-5-8)7-2-3-7/h4,7H,2-3H2,1H3/b6-4-. The predicted octanol–water partition coefficient (Wildman–Crippen LogP) is 1.87. The average molecular weight is 107 g/mol. The topological polar surface area (TPSA) is 23.8 Å². The summed E-state index contributed by atoms with van der Waals surface area (Å²) >= 11 is 0. The second-order valence-electron chi connectivity index (χ2n) is 2.29. The SMILES string of the molecule is C/C(=C/C#N)C1CC1. The Hall–Kier alpha value is -0.770. The van der Waals surface area contributed by atoms with Crippen LogP contribution in [0.2, 0.25) is 0 Å². The van der Waals surface area contributed by atoms with Crippen molar-refractivity contribution in [2.24, 2.45) is 5.92 Å². The molecule has 0 aromatic carbocycles. The molecule has 0 aliphatic heterocycles. The minimum Gasteiger partial charge on any atom is -0.193 e. The third kappa shape index (κ3) is 1.10. The molecule has 1 nitrogen and oxygen atoms in total. The minimum absolute atomic E-state index is 0.759. The second-order valence-corrected chi connectivity index (χ2v) is 2.29. The van der Waals surface area contributed by atoms with Crippen LogP contribution < -0.4 is 0 Å². The zero-order valence-corrected chi connectivity index (χ0v) is 5.02. The van der Waals surface area contributed by atoms with Crippen LogP contribution in [-0.4, -0.2) is 0 Å². The first-order valence-corrected chi connectivity index (χ1v) is 2.91. The van der Waals surface area contributed by atoms with Gasteiger partial charge in [-0.15, -0.1) is 0 Å². The predicted molar refractivity (Wildman–Crippen MR) is 32.1 cm³/mol. The van der Waals surface area contributed by atoms with E-state index in [0.717, 1.165) is 5.92 Å². The number of rotatable bonds is 1. The smallest absolute Gasteiger partial charge is 0.0911 e. The van der Waals surface area contributed by atoms with Crippen molar-refractivity contribution in [1.29, 1.82) is 5.26 Å². The fraction of sp³-hybridized carbons (Fsp3) is 0.571. The molecule has 0 atom stereocenters. The molecule has 1 rings (SSSR count). The van der Waals surface area contributed by atoms with Crippen LogP contribution in [0, 0.1) is 17.2 Å². The maximum Gasteiger partial charge on any atom is 0.0911 e. The largest absolute Gasteiger partial charge is 0.193 e. The fourth-order valence-electron chi connectivity index (χ4n) is 0.758. The number of allylic oxidation sites excluding steroid dienone is 2. The first kappa shape index (κ1) is 5.37. The van der Waals surface area contributed by atoms with Crippen molar-refractivity contribution < 1.29 is 0 Å². The highest BCUT2D eigenvalue weighted by atomic mass is 14.3. The molecule has 0 heterocycles. The van der Waals surface area contributed by atoms with Crippen LogP contribution >= 0.6 is 0 Å². The Morgan fingerprint density at radius 3 is 2.75 bits per heavy atom. The molecule has 8 heavy (non-hydrogen) atoms. The molecule has 0 bridgehead atoms. The number of hydrogen-bond donors (Lipinski definition) is 0. The van der Waals surface area contributed by atoms with E-state index < -0.39 is 0 Å². The van der Waals surface area contributed by atoms with E-state index in [1.165, 1.54) is 18.4 Å². The third-order valence-electron chi connectivity index (χ3n) is 1.51. The average Bonchev–Trinajstić information content (AvgIpc) is 2.45. The summed E-state index contributed by atoms with van der Waals surface area (Å²) in [6.45, 7) is 2.03. The molecule has 0 amide bonds. The Bertz CT molecular complexity index is 146. The van der Waals surface area contributed by atoms with E-state index in [4.69, 9.17) is 5.26 Å². The van der Waals surface area contributed by atoms with Gasteiger partial charge in [-0.2, -0.15) is 5.26 Å². The molecule has 0 aromatic heterocycles. The zero-order valence-electron chi connectivity index (χ0n) is 5.02. The summed E-state index contributed by atoms with van der Waals surface area (Å²) in [7, 11) is 0. The van der Waals surface area contributed by atoms with E-state index in [9.17, 15) is 0 Å². The van der Waals surface area contributed by atoms with Crippen LogP contribution in [0.25, 0.3) is 0 Å². The highest BCUT2D eigenvalue weighted by Crippen LogP contribution is 2.35. The van der Waals surface area contributed by atoms with Gasteiger partial charge in [-0.3, -0.25) is 0 Å². The Labute approximate surface area is 49.6 Å². The van der Waals surface area contributed by atoms with E-state index in [0.29, 0.717) is 0 Å². The first-order chi connectivity index (χ1) is 3.84. The van der Waals surface area contributed by atoms with E-state index in [1.807, 2.05) is 13.0 Å². The molecular weight excluding hydrogens is 98.1 g/mol. The number of hydrogen-bond acceptors (Lipinski definition) is 1. The Morgan fingerprint density at radius 1 is 1.75 bits per heavy atom. The molecule has 1 saturated carbocycles. The van der Waals surface area contributed by atoms with Gasteiger partial charge >= 0.3 is 0 Å². The van der Waals surface area contributed by atoms with Gasteiger partial charge in [0.1, 0.15) is 0 Å². The van der Waals surface area contributed by atoms with Gasteiger partial charge in [0.05, 0.1) is 6.07 Å². The summed E-state index contributed by atoms with van der Waals surface area (Å²) in [4.78, 5) is 0. The molecule has 1 aliphatic carbocycles. The summed E-state index contributed by atoms with van der Waals surface area (Å²) in [6, 6.07) is 2.03. The minimum atomic E-state index is 0.759. The lowest BCUT2D eigenvalue weighted by Crippen LogP contribution is -1.74. The van der Waals surface area contributed by atoms with Gasteiger partial charge in [0.2, 0.25) is 0 Å². The van der Waals surface area contributed by atoms with Crippen LogP contribution in [0.1, 0.15) is 19.8 Å². The van der Waals surface area contributed by atoms with Crippen molar-refractivity contribution >= 4 is 0 Å². The molecule has 42 valence electrons. The van der Waals surface area contributed by atoms with Crippen LogP contribution in [0.3, 0.4) is 0 Å². The molecule has 0 N–H and O–H groups in total. The lowest BCUT2D eigenvalue weighted by molar-refractivity contribution is 1.01. The summed E-state index contributed by atoms with van der Waals surface area (Å²) in [5.41, 5.74) is 1.26. The number of nitrogens with zero attached hydrogens (tertiary/aromatic N) is 1. The van der Waals surface area contributed by atoms with Gasteiger partial charge < -0.3 is 0 Å². The Balaban J connectivity index is 2.45. The summed E-state index contributed by atoms with van der Waals surface area (Å²) in [5.74, 6) is 0.759. The summed E-state index contributed by atoms with van der Waals surface area (Å²) in [6.07, 6.45) is 4.24. The summed E-state index contributed by atoms with van der Waals surface area (Å²) in [5, 5.41) is 8.19. The normalized spacial score (nSPS) is 20.2. The highest BCUT2D eigenvalue weighted by Gasteiger charge is 2.22. The second kappa shape index (κ2) is 2.00. The van der Waals surface area contributed by atoms with Crippen LogP contribution in [0.5, 0.6) is 0 Å². The van der Waals surface area contributed by atoms with Gasteiger partial charge in [0, 0.05) is 6.08 Å². The molecule has 0 unspecified atom stereocenters. The molecule has 0 spiro atoms. The van der Waals surface area contributed by atoms with Crippen molar-refractivity contribution in [3.63, 3.8) is 0 Å². The van der Waals surface area contributed by atoms with E-state index in [-0.39, 0.29) is 0 Å². The number of nitriles is 1. The molecule has 1 fully saturated rings. The Morgan fingerprint density at radius 2 is 2.38 bits per heavy atom. The molecule has 0 aromatic rings. The lowest BCUT2D eigenvalue weighted by Gasteiger charge is -1.87. The first-order valence-electron chi connectivity index (χ1n) is 2.91. The van der Waals surface area contributed by atoms with Crippen molar-refractivity contribution in [2.45, 2.75) is 19.8 Å². The van der Waals surface area contributed by atoms with Crippen molar-refractivity contribution in [3.05, 3.63) is 11.6 Å². The van der Waals surface area contributed by atoms with Crippen molar-refractivity contribution in [1.82, 2.24) is 0 Å². The highest BCUT2D eigenvalue weighted by molar-refractivity contribution is 5.17. The van der Waals surface area contributed by atoms with E-state index in [2.05, 4.69) is 0 Å². The van der Waals surface area contributed by atoms with Gasteiger partial charge in [0.15, 0.2) is 0 Å². The van der Waals surface area contributed by atoms with Gasteiger partial charge in [-0.05, 0) is 25.7 Å². The van der Waals surface area contributed by atoms with Crippen LogP contribution in [0.15, 0.2) is 11.6 Å². The quantitative estimate of drug-likeness (QED) is 0.469. The maximum absolute atomic E-state index is 8.19. The fourth-order valence-corrected chi connectivity index (χ4v) is 0.758. The Kier molecular flexibility index (Phi) is 1.34. The van der Waals surface area contributed by atoms with E-state index in [1.54, 1.807) is 6.08 Å². The van der Waals surface area contributed by atoms with Gasteiger partial charge in [0.25, 0.3) is 0 Å². The molecule has 0 saturated heterocycles. The van der Waals surface area contributed by atoms with Crippen LogP contribution in [0.4, 0.5) is 0 Å². The van der Waals surface area contributed by atoms with Gasteiger partial charge in [-0.25, -0.2) is 0 Å². The van der Waals surface area contributed by atoms with E-state index >= 15 is 0 Å². The third-order valence-corrected chi connectivity index (χ3v) is 1.51. The van der Waals surface area contributed by atoms with Gasteiger partial charge in [-0.1, -0.05) is 5.57 Å².